The Morgan fingerprint density at radius 1 is 1.29 bits per heavy atom. The second-order valence-corrected chi connectivity index (χ2v) is 4.44. The lowest BCUT2D eigenvalue weighted by Gasteiger charge is -2.18. The zero-order valence-corrected chi connectivity index (χ0v) is 10.3. The van der Waals surface area contributed by atoms with Gasteiger partial charge in [0.25, 0.3) is 0 Å². The van der Waals surface area contributed by atoms with E-state index in [1.54, 1.807) is 11.8 Å². The molecule has 1 amide bonds. The number of nitrogens with zero attached hydrogens (tertiary/aromatic N) is 1. The largest absolute Gasteiger partial charge is 0.344 e. The molecule has 0 N–H and O–H groups in total. The standard InChI is InChI=1S/C11H22ClNO/c1-4-5-6-7-8-9-13(3)11(14)10(2)12/h10H,4-9H2,1-3H3. The van der Waals surface area contributed by atoms with Crippen LogP contribution in [0.3, 0.4) is 0 Å². The zero-order valence-electron chi connectivity index (χ0n) is 9.55. The highest BCUT2D eigenvalue weighted by Crippen LogP contribution is 2.05. The van der Waals surface area contributed by atoms with Crippen LogP contribution in [0.1, 0.15) is 46.0 Å². The van der Waals surface area contributed by atoms with Crippen LogP contribution in [0.2, 0.25) is 0 Å². The molecule has 0 bridgehead atoms. The van der Waals surface area contributed by atoms with Crippen molar-refractivity contribution in [3.63, 3.8) is 0 Å². The van der Waals surface area contributed by atoms with Crippen LogP contribution < -0.4 is 0 Å². The molecule has 1 atom stereocenters. The number of rotatable bonds is 7. The van der Waals surface area contributed by atoms with E-state index in [2.05, 4.69) is 6.92 Å². The minimum absolute atomic E-state index is 0.0298. The van der Waals surface area contributed by atoms with E-state index >= 15 is 0 Å². The molecule has 14 heavy (non-hydrogen) atoms. The van der Waals surface area contributed by atoms with Gasteiger partial charge in [-0.15, -0.1) is 11.6 Å². The van der Waals surface area contributed by atoms with Crippen molar-refractivity contribution in [2.24, 2.45) is 0 Å². The Labute approximate surface area is 92.6 Å². The molecule has 0 saturated carbocycles. The molecule has 0 saturated heterocycles. The highest BCUT2D eigenvalue weighted by Gasteiger charge is 2.13. The normalized spacial score (nSPS) is 12.6. The predicted molar refractivity (Wildman–Crippen MR) is 61.7 cm³/mol. The first-order valence-electron chi connectivity index (χ1n) is 5.48. The SMILES string of the molecule is CCCCCCCN(C)C(=O)C(C)Cl. The first kappa shape index (κ1) is 13.8. The van der Waals surface area contributed by atoms with Crippen LogP contribution in [0.5, 0.6) is 0 Å². The average Bonchev–Trinajstić information content (AvgIpc) is 2.16. The second-order valence-electron chi connectivity index (χ2n) is 3.79. The smallest absolute Gasteiger partial charge is 0.240 e. The lowest BCUT2D eigenvalue weighted by molar-refractivity contribution is -0.129. The van der Waals surface area contributed by atoms with E-state index in [-0.39, 0.29) is 5.91 Å². The molecular weight excluding hydrogens is 198 g/mol. The van der Waals surface area contributed by atoms with Gasteiger partial charge in [0.1, 0.15) is 5.38 Å². The molecular formula is C11H22ClNO. The molecule has 1 unspecified atom stereocenters. The summed E-state index contributed by atoms with van der Waals surface area (Å²) < 4.78 is 0. The van der Waals surface area contributed by atoms with Crippen molar-refractivity contribution < 1.29 is 4.79 Å². The molecule has 0 aromatic heterocycles. The van der Waals surface area contributed by atoms with Crippen molar-refractivity contribution in [1.29, 1.82) is 0 Å². The number of carbonyl (C=O) groups excluding carboxylic acids is 1. The van der Waals surface area contributed by atoms with Gasteiger partial charge >= 0.3 is 0 Å². The van der Waals surface area contributed by atoms with Crippen molar-refractivity contribution in [1.82, 2.24) is 4.90 Å². The number of hydrogen-bond acceptors (Lipinski definition) is 1. The van der Waals surface area contributed by atoms with Gasteiger partial charge in [0.15, 0.2) is 0 Å². The first-order valence-corrected chi connectivity index (χ1v) is 5.92. The van der Waals surface area contributed by atoms with Crippen LogP contribution in [0.25, 0.3) is 0 Å². The van der Waals surface area contributed by atoms with Crippen molar-refractivity contribution in [2.45, 2.75) is 51.3 Å². The molecule has 0 rings (SSSR count). The van der Waals surface area contributed by atoms with E-state index in [0.29, 0.717) is 0 Å². The topological polar surface area (TPSA) is 20.3 Å². The fourth-order valence-corrected chi connectivity index (χ4v) is 1.53. The predicted octanol–water partition coefficient (Wildman–Crippen LogP) is 3.04. The van der Waals surface area contributed by atoms with E-state index in [0.717, 1.165) is 13.0 Å². The number of halogens is 1. The maximum Gasteiger partial charge on any atom is 0.240 e. The summed E-state index contributed by atoms with van der Waals surface area (Å²) in [6.07, 6.45) is 6.12. The third kappa shape index (κ3) is 6.25. The molecule has 0 aliphatic rings. The van der Waals surface area contributed by atoms with Gasteiger partial charge in [-0.2, -0.15) is 0 Å². The molecule has 84 valence electrons. The van der Waals surface area contributed by atoms with E-state index in [1.165, 1.54) is 25.7 Å². The average molecular weight is 220 g/mol. The summed E-state index contributed by atoms with van der Waals surface area (Å²) in [5.74, 6) is 0.0298. The molecule has 0 aromatic rings. The lowest BCUT2D eigenvalue weighted by atomic mass is 10.1. The Morgan fingerprint density at radius 2 is 1.86 bits per heavy atom. The maximum absolute atomic E-state index is 11.4. The van der Waals surface area contributed by atoms with Crippen molar-refractivity contribution in [2.75, 3.05) is 13.6 Å². The summed E-state index contributed by atoms with van der Waals surface area (Å²) in [5, 5.41) is -0.393. The molecule has 0 aliphatic heterocycles. The van der Waals surface area contributed by atoms with E-state index < -0.39 is 5.38 Å². The van der Waals surface area contributed by atoms with Gasteiger partial charge in [-0.1, -0.05) is 32.6 Å². The van der Waals surface area contributed by atoms with Gasteiger partial charge in [-0.3, -0.25) is 4.79 Å². The summed E-state index contributed by atoms with van der Waals surface area (Å²) in [6, 6.07) is 0. The fraction of sp³-hybridized carbons (Fsp3) is 0.909. The Morgan fingerprint density at radius 3 is 2.36 bits per heavy atom. The summed E-state index contributed by atoms with van der Waals surface area (Å²) in [5.41, 5.74) is 0. The third-order valence-corrected chi connectivity index (χ3v) is 2.50. The number of hydrogen-bond donors (Lipinski definition) is 0. The van der Waals surface area contributed by atoms with E-state index in [4.69, 9.17) is 11.6 Å². The van der Waals surface area contributed by atoms with Crippen molar-refractivity contribution in [3.8, 4) is 0 Å². The minimum atomic E-state index is -0.393. The quantitative estimate of drug-likeness (QED) is 0.476. The summed E-state index contributed by atoms with van der Waals surface area (Å²) >= 11 is 5.69. The zero-order chi connectivity index (χ0) is 11.0. The van der Waals surface area contributed by atoms with Crippen LogP contribution in [-0.4, -0.2) is 29.8 Å². The maximum atomic E-state index is 11.4. The molecule has 0 aliphatic carbocycles. The highest BCUT2D eigenvalue weighted by molar-refractivity contribution is 6.30. The van der Waals surface area contributed by atoms with Crippen LogP contribution in [-0.2, 0) is 4.79 Å². The molecule has 0 aromatic carbocycles. The monoisotopic (exact) mass is 219 g/mol. The van der Waals surface area contributed by atoms with Gasteiger partial charge in [-0.25, -0.2) is 0 Å². The number of alkyl halides is 1. The number of carbonyl (C=O) groups is 1. The minimum Gasteiger partial charge on any atom is -0.344 e. The molecule has 3 heteroatoms. The molecule has 0 heterocycles. The fourth-order valence-electron chi connectivity index (χ4n) is 1.37. The third-order valence-electron chi connectivity index (χ3n) is 2.31. The van der Waals surface area contributed by atoms with Gasteiger partial charge < -0.3 is 4.90 Å². The van der Waals surface area contributed by atoms with Crippen LogP contribution >= 0.6 is 11.6 Å². The van der Waals surface area contributed by atoms with Crippen molar-refractivity contribution >= 4 is 17.5 Å². The Hall–Kier alpha value is -0.240. The molecule has 0 fully saturated rings. The van der Waals surface area contributed by atoms with Crippen LogP contribution in [0.15, 0.2) is 0 Å². The van der Waals surface area contributed by atoms with Crippen LogP contribution in [0.4, 0.5) is 0 Å². The Bertz CT molecular complexity index is 159. The van der Waals surface area contributed by atoms with Gasteiger partial charge in [0.05, 0.1) is 0 Å². The van der Waals surface area contributed by atoms with Gasteiger partial charge in [-0.05, 0) is 13.3 Å². The van der Waals surface area contributed by atoms with Crippen LogP contribution in [0, 0.1) is 0 Å². The number of amides is 1. The summed E-state index contributed by atoms with van der Waals surface area (Å²) in [6.45, 7) is 4.75. The Kier molecular flexibility index (Phi) is 7.96. The highest BCUT2D eigenvalue weighted by atomic mass is 35.5. The van der Waals surface area contributed by atoms with E-state index in [9.17, 15) is 4.79 Å². The summed E-state index contributed by atoms with van der Waals surface area (Å²) in [4.78, 5) is 13.1. The molecule has 0 radical (unpaired) electrons. The molecule has 2 nitrogen and oxygen atoms in total. The Balaban J connectivity index is 3.44. The van der Waals surface area contributed by atoms with E-state index in [1.807, 2.05) is 7.05 Å². The second kappa shape index (κ2) is 8.10. The lowest BCUT2D eigenvalue weighted by Crippen LogP contribution is -2.32. The van der Waals surface area contributed by atoms with Gasteiger partial charge in [0, 0.05) is 13.6 Å². The number of unbranched alkanes of at least 4 members (excludes halogenated alkanes) is 4. The summed E-state index contributed by atoms with van der Waals surface area (Å²) in [7, 11) is 1.82. The molecule has 0 spiro atoms. The first-order chi connectivity index (χ1) is 6.59. The van der Waals surface area contributed by atoms with Crippen molar-refractivity contribution in [3.05, 3.63) is 0 Å². The van der Waals surface area contributed by atoms with Gasteiger partial charge in [0.2, 0.25) is 5.91 Å².